The number of hydrogen-bond acceptors (Lipinski definition) is 5. The smallest absolute Gasteiger partial charge is 0.267 e. The van der Waals surface area contributed by atoms with Crippen molar-refractivity contribution in [2.45, 2.75) is 25.5 Å². The van der Waals surface area contributed by atoms with Crippen molar-refractivity contribution < 1.29 is 19.1 Å². The molecule has 0 spiro atoms. The Hall–Kier alpha value is -3.06. The number of anilines is 1. The number of ether oxygens (including phenoxy) is 2. The van der Waals surface area contributed by atoms with Crippen molar-refractivity contribution in [1.29, 1.82) is 0 Å². The minimum absolute atomic E-state index is 0.0541. The Morgan fingerprint density at radius 1 is 0.935 bits per heavy atom. The summed E-state index contributed by atoms with van der Waals surface area (Å²) in [6.07, 6.45) is 0.283. The second-order valence-electron chi connectivity index (χ2n) is 8.27. The number of fused-ring (bicyclic) bond motifs is 2. The summed E-state index contributed by atoms with van der Waals surface area (Å²) in [5, 5.41) is 0. The van der Waals surface area contributed by atoms with E-state index in [1.165, 1.54) is 5.56 Å². The molecule has 7 nitrogen and oxygen atoms in total. The second-order valence-corrected chi connectivity index (χ2v) is 8.27. The average Bonchev–Trinajstić information content (AvgIpc) is 3.26. The average molecular weight is 421 g/mol. The molecule has 162 valence electrons. The number of carbonyl (C=O) groups excluding carboxylic acids is 2. The van der Waals surface area contributed by atoms with Gasteiger partial charge in [-0.25, -0.2) is 0 Å². The van der Waals surface area contributed by atoms with Crippen molar-refractivity contribution in [2.24, 2.45) is 0 Å². The van der Waals surface area contributed by atoms with Crippen LogP contribution in [0.25, 0.3) is 0 Å². The van der Waals surface area contributed by atoms with Crippen LogP contribution < -0.4 is 14.4 Å². The molecule has 2 atom stereocenters. The number of rotatable bonds is 3. The molecule has 3 heterocycles. The van der Waals surface area contributed by atoms with Crippen LogP contribution in [0.3, 0.4) is 0 Å². The molecule has 1 fully saturated rings. The summed E-state index contributed by atoms with van der Waals surface area (Å²) in [4.78, 5) is 32.0. The van der Waals surface area contributed by atoms with Gasteiger partial charge in [-0.05, 0) is 37.1 Å². The van der Waals surface area contributed by atoms with Gasteiger partial charge in [-0.15, -0.1) is 0 Å². The number of carbonyl (C=O) groups is 2. The molecule has 0 aromatic heterocycles. The summed E-state index contributed by atoms with van der Waals surface area (Å²) in [5.74, 6) is 1.36. The molecule has 5 rings (SSSR count). The minimum atomic E-state index is -0.624. The summed E-state index contributed by atoms with van der Waals surface area (Å²) in [5.41, 5.74) is 2.26. The maximum absolute atomic E-state index is 13.2. The van der Waals surface area contributed by atoms with Crippen LogP contribution in [0.5, 0.6) is 11.5 Å². The molecule has 0 N–H and O–H groups in total. The van der Waals surface area contributed by atoms with Crippen LogP contribution in [-0.2, 0) is 16.0 Å². The standard InChI is InChI=1S/C24H27N3O4/c1-17(23(28)27-11-10-18-6-2-3-7-19(18)27)25-12-14-26(15-13-25)24(29)22-16-30-20-8-4-5-9-21(20)31-22/h2-9,17,22H,10-16H2,1H3/t17-,22+/m0/s1. The van der Waals surface area contributed by atoms with E-state index in [1.807, 2.05) is 59.2 Å². The Balaban J connectivity index is 1.17. The molecule has 2 aromatic carbocycles. The van der Waals surface area contributed by atoms with Gasteiger partial charge in [0.05, 0.1) is 6.04 Å². The topological polar surface area (TPSA) is 62.3 Å². The lowest BCUT2D eigenvalue weighted by molar-refractivity contribution is -0.143. The van der Waals surface area contributed by atoms with Gasteiger partial charge in [-0.2, -0.15) is 0 Å². The molecule has 2 aromatic rings. The molecule has 2 amide bonds. The van der Waals surface area contributed by atoms with E-state index in [4.69, 9.17) is 9.47 Å². The number of benzene rings is 2. The fourth-order valence-corrected chi connectivity index (χ4v) is 4.62. The van der Waals surface area contributed by atoms with Gasteiger partial charge in [-0.1, -0.05) is 30.3 Å². The minimum Gasteiger partial charge on any atom is -0.485 e. The third-order valence-corrected chi connectivity index (χ3v) is 6.47. The number of piperazine rings is 1. The number of nitrogens with zero attached hydrogens (tertiary/aromatic N) is 3. The van der Waals surface area contributed by atoms with Gasteiger partial charge >= 0.3 is 0 Å². The molecule has 0 aliphatic carbocycles. The zero-order valence-corrected chi connectivity index (χ0v) is 17.7. The van der Waals surface area contributed by atoms with E-state index in [2.05, 4.69) is 11.0 Å². The lowest BCUT2D eigenvalue weighted by Gasteiger charge is -2.39. The number of amides is 2. The maximum atomic E-state index is 13.2. The van der Waals surface area contributed by atoms with Crippen LogP contribution in [0.4, 0.5) is 5.69 Å². The highest BCUT2D eigenvalue weighted by atomic mass is 16.6. The van der Waals surface area contributed by atoms with Crippen LogP contribution in [0.1, 0.15) is 12.5 Å². The van der Waals surface area contributed by atoms with E-state index in [-0.39, 0.29) is 24.5 Å². The molecular weight excluding hydrogens is 394 g/mol. The summed E-state index contributed by atoms with van der Waals surface area (Å²) >= 11 is 0. The summed E-state index contributed by atoms with van der Waals surface area (Å²) in [6.45, 7) is 5.41. The largest absolute Gasteiger partial charge is 0.485 e. The van der Waals surface area contributed by atoms with Crippen molar-refractivity contribution in [1.82, 2.24) is 9.80 Å². The third-order valence-electron chi connectivity index (χ3n) is 6.47. The van der Waals surface area contributed by atoms with Gasteiger partial charge in [0.15, 0.2) is 11.5 Å². The van der Waals surface area contributed by atoms with Gasteiger partial charge < -0.3 is 19.3 Å². The molecule has 0 unspecified atom stereocenters. The van der Waals surface area contributed by atoms with Gasteiger partial charge in [0.1, 0.15) is 6.61 Å². The molecule has 31 heavy (non-hydrogen) atoms. The van der Waals surface area contributed by atoms with Crippen molar-refractivity contribution in [2.75, 3.05) is 44.2 Å². The first-order chi connectivity index (χ1) is 15.1. The molecule has 0 radical (unpaired) electrons. The maximum Gasteiger partial charge on any atom is 0.267 e. The summed E-state index contributed by atoms with van der Waals surface area (Å²) in [7, 11) is 0. The van der Waals surface area contributed by atoms with Crippen molar-refractivity contribution in [3.8, 4) is 11.5 Å². The number of hydrogen-bond donors (Lipinski definition) is 0. The first kappa shape index (κ1) is 19.9. The molecule has 3 aliphatic heterocycles. The highest BCUT2D eigenvalue weighted by Crippen LogP contribution is 2.32. The zero-order valence-electron chi connectivity index (χ0n) is 17.7. The highest BCUT2D eigenvalue weighted by molar-refractivity contribution is 5.98. The predicted molar refractivity (Wildman–Crippen MR) is 116 cm³/mol. The van der Waals surface area contributed by atoms with E-state index in [0.717, 1.165) is 18.7 Å². The van der Waals surface area contributed by atoms with Gasteiger partial charge in [0.2, 0.25) is 12.0 Å². The van der Waals surface area contributed by atoms with Crippen molar-refractivity contribution in [3.05, 3.63) is 54.1 Å². The summed E-state index contributed by atoms with van der Waals surface area (Å²) in [6, 6.07) is 15.3. The Kier molecular flexibility index (Phi) is 5.28. The van der Waals surface area contributed by atoms with Gasteiger partial charge in [0, 0.05) is 38.4 Å². The molecule has 0 bridgehead atoms. The van der Waals surface area contributed by atoms with E-state index in [1.54, 1.807) is 0 Å². The van der Waals surface area contributed by atoms with E-state index in [9.17, 15) is 9.59 Å². The molecule has 7 heteroatoms. The first-order valence-corrected chi connectivity index (χ1v) is 10.9. The molecule has 1 saturated heterocycles. The quantitative estimate of drug-likeness (QED) is 0.758. The van der Waals surface area contributed by atoms with Crippen LogP contribution in [-0.4, -0.2) is 73.1 Å². The van der Waals surface area contributed by atoms with E-state index >= 15 is 0 Å². The Bertz CT molecular complexity index is 986. The van der Waals surface area contributed by atoms with Crippen LogP contribution in [0.15, 0.2) is 48.5 Å². The monoisotopic (exact) mass is 421 g/mol. The van der Waals surface area contributed by atoms with Crippen LogP contribution in [0.2, 0.25) is 0 Å². The second kappa shape index (κ2) is 8.23. The predicted octanol–water partition coefficient (Wildman–Crippen LogP) is 1.95. The Morgan fingerprint density at radius 2 is 1.65 bits per heavy atom. The molecule has 3 aliphatic rings. The fraction of sp³-hybridized carbons (Fsp3) is 0.417. The van der Waals surface area contributed by atoms with Crippen LogP contribution in [0, 0.1) is 0 Å². The molecule has 0 saturated carbocycles. The highest BCUT2D eigenvalue weighted by Gasteiger charge is 2.36. The normalized spacial score (nSPS) is 21.5. The van der Waals surface area contributed by atoms with Crippen LogP contribution >= 0.6 is 0 Å². The lowest BCUT2D eigenvalue weighted by atomic mass is 10.1. The van der Waals surface area contributed by atoms with Crippen molar-refractivity contribution in [3.63, 3.8) is 0 Å². The van der Waals surface area contributed by atoms with Crippen molar-refractivity contribution >= 4 is 17.5 Å². The fourth-order valence-electron chi connectivity index (χ4n) is 4.62. The van der Waals surface area contributed by atoms with Gasteiger partial charge in [0.25, 0.3) is 5.91 Å². The lowest BCUT2D eigenvalue weighted by Crippen LogP contribution is -2.57. The summed E-state index contributed by atoms with van der Waals surface area (Å²) < 4.78 is 11.6. The number of para-hydroxylation sites is 3. The first-order valence-electron chi connectivity index (χ1n) is 10.9. The SMILES string of the molecule is C[C@@H](C(=O)N1CCc2ccccc21)N1CCN(C(=O)[C@H]2COc3ccccc3O2)CC1. The van der Waals surface area contributed by atoms with Gasteiger partial charge in [-0.3, -0.25) is 14.5 Å². The molecular formula is C24H27N3O4. The Labute approximate surface area is 182 Å². The third kappa shape index (κ3) is 3.74. The van der Waals surface area contributed by atoms with E-state index in [0.29, 0.717) is 37.7 Å². The Morgan fingerprint density at radius 3 is 2.45 bits per heavy atom. The van der Waals surface area contributed by atoms with E-state index < -0.39 is 6.10 Å². The zero-order chi connectivity index (χ0) is 21.4.